The molecule has 0 amide bonds. The predicted molar refractivity (Wildman–Crippen MR) is 231 cm³/mol. The van der Waals surface area contributed by atoms with Crippen molar-refractivity contribution in [3.05, 3.63) is 199 Å². The number of fused-ring (bicyclic) bond motifs is 7. The normalized spacial score (nSPS) is 12.5. The Hall–Kier alpha value is -7.10. The highest BCUT2D eigenvalue weighted by molar-refractivity contribution is 6.10. The molecule has 8 aromatic carbocycles. The number of nitrogens with zero attached hydrogens (tertiary/aromatic N) is 2. The van der Waals surface area contributed by atoms with Gasteiger partial charge >= 0.3 is 0 Å². The lowest BCUT2D eigenvalue weighted by Gasteiger charge is -2.26. The van der Waals surface area contributed by atoms with E-state index in [0.29, 0.717) is 0 Å². The van der Waals surface area contributed by atoms with Crippen LogP contribution >= 0.6 is 0 Å². The predicted octanol–water partition coefficient (Wildman–Crippen LogP) is 14.4. The molecule has 260 valence electrons. The van der Waals surface area contributed by atoms with Crippen LogP contribution < -0.4 is 4.90 Å². The number of hydrogen-bond acceptors (Lipinski definition) is 2. The Bertz CT molecular complexity index is 3070. The Morgan fingerprint density at radius 1 is 0.455 bits per heavy atom. The molecule has 0 spiro atoms. The van der Waals surface area contributed by atoms with Crippen LogP contribution in [-0.2, 0) is 6.42 Å². The van der Waals surface area contributed by atoms with Crippen molar-refractivity contribution >= 4 is 66.7 Å². The van der Waals surface area contributed by atoms with E-state index in [4.69, 9.17) is 4.42 Å². The second-order valence-corrected chi connectivity index (χ2v) is 14.5. The molecule has 0 atom stereocenters. The van der Waals surface area contributed by atoms with Gasteiger partial charge in [-0.25, -0.2) is 0 Å². The van der Waals surface area contributed by atoms with Crippen LogP contribution in [0.15, 0.2) is 192 Å². The van der Waals surface area contributed by atoms with E-state index in [1.807, 2.05) is 0 Å². The first-order valence-electron chi connectivity index (χ1n) is 19.1. The molecule has 0 unspecified atom stereocenters. The third kappa shape index (κ3) is 5.35. The SMILES string of the molecule is C1=Cc2c(oc3ccc(N(c4ccc(-c5ccccc5)cc4)c4ccc(-c5ccc6c(c5)c5ccccc5n6-c5ccc6ccccc6c5)cc4)cc23)CC1. The number of allylic oxidation sites excluding steroid dienone is 1. The summed E-state index contributed by atoms with van der Waals surface area (Å²) in [6.07, 6.45) is 6.43. The van der Waals surface area contributed by atoms with Gasteiger partial charge in [-0.2, -0.15) is 0 Å². The van der Waals surface area contributed by atoms with Gasteiger partial charge in [0.15, 0.2) is 0 Å². The van der Waals surface area contributed by atoms with Crippen molar-refractivity contribution in [2.24, 2.45) is 0 Å². The minimum atomic E-state index is 0.937. The second kappa shape index (κ2) is 12.8. The maximum Gasteiger partial charge on any atom is 0.135 e. The summed E-state index contributed by atoms with van der Waals surface area (Å²) in [6, 6.07) is 66.0. The van der Waals surface area contributed by atoms with Crippen LogP contribution in [0, 0.1) is 0 Å². The number of hydrogen-bond donors (Lipinski definition) is 0. The number of rotatable bonds is 6. The highest BCUT2D eigenvalue weighted by Gasteiger charge is 2.19. The van der Waals surface area contributed by atoms with Crippen LogP contribution in [0.25, 0.3) is 77.6 Å². The van der Waals surface area contributed by atoms with Gasteiger partial charge in [-0.05, 0) is 112 Å². The molecule has 1 aliphatic rings. The molecular formula is C52H36N2O. The van der Waals surface area contributed by atoms with E-state index < -0.39 is 0 Å². The Balaban J connectivity index is 1.00. The molecule has 2 heterocycles. The van der Waals surface area contributed by atoms with Gasteiger partial charge in [0, 0.05) is 50.9 Å². The molecule has 11 rings (SSSR count). The fraction of sp³-hybridized carbons (Fsp3) is 0.0385. The van der Waals surface area contributed by atoms with Crippen LogP contribution in [0.2, 0.25) is 0 Å². The molecule has 55 heavy (non-hydrogen) atoms. The molecule has 3 nitrogen and oxygen atoms in total. The minimum Gasteiger partial charge on any atom is -0.460 e. The average molecular weight is 705 g/mol. The topological polar surface area (TPSA) is 21.3 Å². The Morgan fingerprint density at radius 2 is 1.11 bits per heavy atom. The lowest BCUT2D eigenvalue weighted by atomic mass is 10.0. The smallest absolute Gasteiger partial charge is 0.135 e. The monoisotopic (exact) mass is 704 g/mol. The van der Waals surface area contributed by atoms with Crippen LogP contribution in [0.4, 0.5) is 17.1 Å². The van der Waals surface area contributed by atoms with Crippen LogP contribution in [0.5, 0.6) is 0 Å². The third-order valence-electron chi connectivity index (χ3n) is 11.2. The van der Waals surface area contributed by atoms with Crippen LogP contribution in [-0.4, -0.2) is 4.57 Å². The standard InChI is InChI=1S/C52H36N2O/c1-2-10-35(11-3-1)37-18-24-41(25-19-37)53(44-29-31-52-48(34-44)46-15-7-9-17-51(46)55-52)42-26-20-38(21-27-42)40-23-30-50-47(33-40)45-14-6-8-16-49(45)54(50)43-28-22-36-12-4-5-13-39(36)32-43/h1-8,10-16,18-34H,9,17H2. The molecule has 0 radical (unpaired) electrons. The van der Waals surface area contributed by atoms with E-state index >= 15 is 0 Å². The molecule has 2 aromatic heterocycles. The van der Waals surface area contributed by atoms with Crippen molar-refractivity contribution in [3.8, 4) is 27.9 Å². The molecule has 0 bridgehead atoms. The van der Waals surface area contributed by atoms with Crippen molar-refractivity contribution in [3.63, 3.8) is 0 Å². The summed E-state index contributed by atoms with van der Waals surface area (Å²) in [5.41, 5.74) is 13.8. The summed E-state index contributed by atoms with van der Waals surface area (Å²) < 4.78 is 8.69. The third-order valence-corrected chi connectivity index (χ3v) is 11.2. The van der Waals surface area contributed by atoms with Gasteiger partial charge in [0.25, 0.3) is 0 Å². The second-order valence-electron chi connectivity index (χ2n) is 14.5. The molecule has 10 aromatic rings. The van der Waals surface area contributed by atoms with Gasteiger partial charge < -0.3 is 13.9 Å². The van der Waals surface area contributed by atoms with Crippen LogP contribution in [0.3, 0.4) is 0 Å². The molecule has 0 N–H and O–H groups in total. The number of anilines is 3. The molecule has 0 aliphatic heterocycles. The molecule has 0 fully saturated rings. The van der Waals surface area contributed by atoms with Gasteiger partial charge in [-0.3, -0.25) is 0 Å². The molecule has 0 saturated heterocycles. The van der Waals surface area contributed by atoms with Crippen molar-refractivity contribution < 1.29 is 4.42 Å². The summed E-state index contributed by atoms with van der Waals surface area (Å²) in [6.45, 7) is 0. The van der Waals surface area contributed by atoms with Crippen molar-refractivity contribution in [2.75, 3.05) is 4.90 Å². The maximum atomic E-state index is 6.30. The van der Waals surface area contributed by atoms with Gasteiger partial charge in [0.1, 0.15) is 11.3 Å². The highest BCUT2D eigenvalue weighted by atomic mass is 16.3. The van der Waals surface area contributed by atoms with E-state index in [2.05, 4.69) is 204 Å². The largest absolute Gasteiger partial charge is 0.460 e. The fourth-order valence-corrected chi connectivity index (χ4v) is 8.51. The summed E-state index contributed by atoms with van der Waals surface area (Å²) in [7, 11) is 0. The Labute approximate surface area is 319 Å². The van der Waals surface area contributed by atoms with Gasteiger partial charge in [0.05, 0.1) is 11.0 Å². The van der Waals surface area contributed by atoms with E-state index in [9.17, 15) is 0 Å². The van der Waals surface area contributed by atoms with Gasteiger partial charge in [-0.15, -0.1) is 0 Å². The average Bonchev–Trinajstić information content (AvgIpc) is 3.80. The minimum absolute atomic E-state index is 0.937. The van der Waals surface area contributed by atoms with E-state index in [0.717, 1.165) is 46.6 Å². The number of aryl methyl sites for hydroxylation is 1. The van der Waals surface area contributed by atoms with E-state index in [1.165, 1.54) is 66.1 Å². The number of furan rings is 1. The Morgan fingerprint density at radius 3 is 1.93 bits per heavy atom. The zero-order valence-electron chi connectivity index (χ0n) is 30.2. The van der Waals surface area contributed by atoms with Gasteiger partial charge in [0.2, 0.25) is 0 Å². The summed E-state index contributed by atoms with van der Waals surface area (Å²) >= 11 is 0. The van der Waals surface area contributed by atoms with E-state index in [1.54, 1.807) is 0 Å². The van der Waals surface area contributed by atoms with E-state index in [-0.39, 0.29) is 0 Å². The lowest BCUT2D eigenvalue weighted by molar-refractivity contribution is 0.546. The first-order valence-corrected chi connectivity index (χ1v) is 19.1. The fourth-order valence-electron chi connectivity index (χ4n) is 8.51. The summed E-state index contributed by atoms with van der Waals surface area (Å²) in [5, 5.41) is 6.14. The zero-order valence-corrected chi connectivity index (χ0v) is 30.2. The summed E-state index contributed by atoms with van der Waals surface area (Å²) in [4.78, 5) is 2.35. The molecular weight excluding hydrogens is 669 g/mol. The molecule has 0 saturated carbocycles. The highest BCUT2D eigenvalue weighted by Crippen LogP contribution is 2.41. The quantitative estimate of drug-likeness (QED) is 0.172. The van der Waals surface area contributed by atoms with Crippen molar-refractivity contribution in [1.29, 1.82) is 0 Å². The first-order chi connectivity index (χ1) is 27.2. The van der Waals surface area contributed by atoms with Crippen molar-refractivity contribution in [2.45, 2.75) is 12.8 Å². The number of aromatic nitrogens is 1. The lowest BCUT2D eigenvalue weighted by Crippen LogP contribution is -2.09. The number of para-hydroxylation sites is 1. The maximum absolute atomic E-state index is 6.30. The molecule has 1 aliphatic carbocycles. The van der Waals surface area contributed by atoms with Gasteiger partial charge in [-0.1, -0.05) is 121 Å². The van der Waals surface area contributed by atoms with Crippen LogP contribution in [0.1, 0.15) is 17.7 Å². The zero-order chi connectivity index (χ0) is 36.3. The first kappa shape index (κ1) is 31.4. The summed E-state index contributed by atoms with van der Waals surface area (Å²) in [5.74, 6) is 1.08. The Kier molecular flexibility index (Phi) is 7.31. The molecule has 3 heteroatoms. The number of benzene rings is 8. The van der Waals surface area contributed by atoms with Crippen molar-refractivity contribution in [1.82, 2.24) is 4.57 Å².